The van der Waals surface area contributed by atoms with Gasteiger partial charge in [-0.2, -0.15) is 5.26 Å². The number of carbonyl (C=O) groups excluding carboxylic acids is 2. The summed E-state index contributed by atoms with van der Waals surface area (Å²) in [6.45, 7) is -2.73. The largest absolute Gasteiger partial charge is 0.494 e. The Hall–Kier alpha value is -5.50. The Balaban J connectivity index is 1.77. The molecule has 0 atom stereocenters. The molecule has 0 bridgehead atoms. The van der Waals surface area contributed by atoms with Crippen molar-refractivity contribution in [3.8, 4) is 23.1 Å². The summed E-state index contributed by atoms with van der Waals surface area (Å²) in [4.78, 5) is 39.8. The number of aromatic nitrogens is 3. The fourth-order valence-electron chi connectivity index (χ4n) is 3.71. The second-order valence-corrected chi connectivity index (χ2v) is 8.33. The number of carbonyl (C=O) groups is 2. The Morgan fingerprint density at radius 2 is 1.79 bits per heavy atom. The average molecular weight is 526 g/mol. The van der Waals surface area contributed by atoms with Crippen molar-refractivity contribution in [3.63, 3.8) is 0 Å². The lowest BCUT2D eigenvalue weighted by Gasteiger charge is -2.18. The molecule has 0 aliphatic heterocycles. The van der Waals surface area contributed by atoms with Crippen LogP contribution in [0.25, 0.3) is 11.3 Å². The molecule has 0 saturated carbocycles. The summed E-state index contributed by atoms with van der Waals surface area (Å²) < 4.78 is 28.1. The third kappa shape index (κ3) is 5.91. The van der Waals surface area contributed by atoms with E-state index in [2.05, 4.69) is 25.6 Å². The number of hydrogen-bond donors (Lipinski definition) is 3. The zero-order chi connectivity index (χ0) is 30.4. The monoisotopic (exact) mass is 525 g/mol. The second kappa shape index (κ2) is 11.7. The predicted molar refractivity (Wildman–Crippen MR) is 147 cm³/mol. The summed E-state index contributed by atoms with van der Waals surface area (Å²) in [7, 11) is 4.74. The minimum absolute atomic E-state index is 0.0560. The lowest BCUT2D eigenvalue weighted by molar-refractivity contribution is 0.0821. The predicted octanol–water partition coefficient (Wildman–Crippen LogP) is 3.97. The van der Waals surface area contributed by atoms with Gasteiger partial charge < -0.3 is 25.6 Å². The number of para-hydroxylation sites is 1. The van der Waals surface area contributed by atoms with Crippen molar-refractivity contribution >= 4 is 34.8 Å². The molecule has 4 aromatic rings. The van der Waals surface area contributed by atoms with Crippen molar-refractivity contribution in [1.82, 2.24) is 25.2 Å². The first-order valence-electron chi connectivity index (χ1n) is 13.1. The number of ether oxygens (including phenoxy) is 1. The smallest absolute Gasteiger partial charge is 0.271 e. The molecule has 11 heteroatoms. The first-order valence-corrected chi connectivity index (χ1v) is 11.6. The quantitative estimate of drug-likeness (QED) is 0.311. The van der Waals surface area contributed by atoms with Gasteiger partial charge >= 0.3 is 0 Å². The van der Waals surface area contributed by atoms with E-state index < -0.39 is 12.9 Å². The van der Waals surface area contributed by atoms with Crippen molar-refractivity contribution in [2.45, 2.75) is 0 Å². The molecule has 0 aliphatic rings. The van der Waals surface area contributed by atoms with E-state index in [-0.39, 0.29) is 34.4 Å². The fourth-order valence-corrected chi connectivity index (χ4v) is 3.71. The van der Waals surface area contributed by atoms with Crippen LogP contribution < -0.4 is 20.7 Å². The molecule has 4 rings (SSSR count). The van der Waals surface area contributed by atoms with Crippen molar-refractivity contribution < 1.29 is 18.4 Å². The molecule has 0 saturated heterocycles. The van der Waals surface area contributed by atoms with E-state index in [0.717, 1.165) is 0 Å². The number of nitrogens with one attached hydrogen (secondary N) is 3. The van der Waals surface area contributed by atoms with Gasteiger partial charge in [0.2, 0.25) is 0 Å². The highest BCUT2D eigenvalue weighted by Gasteiger charge is 2.18. The first kappa shape index (κ1) is 22.7. The van der Waals surface area contributed by atoms with Gasteiger partial charge in [-0.15, -0.1) is 0 Å². The molecule has 3 heterocycles. The zero-order valence-electron chi connectivity index (χ0n) is 24.3. The van der Waals surface area contributed by atoms with Crippen LogP contribution in [-0.4, -0.2) is 59.8 Å². The molecule has 1 aromatic carbocycles. The number of pyridine rings is 3. The van der Waals surface area contributed by atoms with Gasteiger partial charge in [0, 0.05) is 43.0 Å². The molecule has 3 aromatic heterocycles. The van der Waals surface area contributed by atoms with E-state index in [0.29, 0.717) is 28.5 Å². The number of methoxy groups -OCH3 is 1. The van der Waals surface area contributed by atoms with Crippen LogP contribution >= 0.6 is 0 Å². The van der Waals surface area contributed by atoms with Crippen LogP contribution in [0, 0.1) is 11.3 Å². The molecule has 11 nitrogen and oxygen atoms in total. The van der Waals surface area contributed by atoms with Gasteiger partial charge in [0.1, 0.15) is 29.1 Å². The third-order valence-corrected chi connectivity index (χ3v) is 5.52. The van der Waals surface area contributed by atoms with Gasteiger partial charge in [0.25, 0.3) is 11.8 Å². The van der Waals surface area contributed by atoms with Crippen LogP contribution in [0.2, 0.25) is 0 Å². The van der Waals surface area contributed by atoms with Crippen molar-refractivity contribution in [2.24, 2.45) is 0 Å². The SMILES string of the molecule is [2H]C([2H])([2H])NC(=O)c1cnc(Nc2cccc(C#N)n2)cc1Nc1cccc(-c2cccc(C(=O)N(C)C)n2)c1OC. The van der Waals surface area contributed by atoms with Gasteiger partial charge in [-0.05, 0) is 36.4 Å². The summed E-state index contributed by atoms with van der Waals surface area (Å²) in [6.07, 6.45) is 1.22. The maximum Gasteiger partial charge on any atom is 0.271 e. The molecule has 0 fully saturated rings. The van der Waals surface area contributed by atoms with Crippen LogP contribution in [0.15, 0.2) is 66.9 Å². The lowest BCUT2D eigenvalue weighted by Crippen LogP contribution is -2.22. The van der Waals surface area contributed by atoms with E-state index >= 15 is 0 Å². The molecular weight excluding hydrogens is 496 g/mol. The lowest BCUT2D eigenvalue weighted by atomic mass is 10.1. The highest BCUT2D eigenvalue weighted by atomic mass is 16.5. The van der Waals surface area contributed by atoms with Crippen LogP contribution in [0.1, 0.15) is 30.7 Å². The highest BCUT2D eigenvalue weighted by molar-refractivity contribution is 6.01. The first-order chi connectivity index (χ1) is 20.0. The third-order valence-electron chi connectivity index (χ3n) is 5.52. The molecule has 39 heavy (non-hydrogen) atoms. The molecule has 3 N–H and O–H groups in total. The Labute approximate surface area is 229 Å². The van der Waals surface area contributed by atoms with Gasteiger partial charge in [-0.25, -0.2) is 15.0 Å². The van der Waals surface area contributed by atoms with Crippen LogP contribution in [0.5, 0.6) is 5.75 Å². The number of benzene rings is 1. The normalized spacial score (nSPS) is 11.7. The molecule has 0 spiro atoms. The number of amides is 2. The summed E-state index contributed by atoms with van der Waals surface area (Å²) in [5, 5.41) is 17.3. The van der Waals surface area contributed by atoms with Gasteiger partial charge in [0.05, 0.1) is 29.7 Å². The van der Waals surface area contributed by atoms with Crippen LogP contribution in [0.3, 0.4) is 0 Å². The van der Waals surface area contributed by atoms with Crippen LogP contribution in [0.4, 0.5) is 23.0 Å². The van der Waals surface area contributed by atoms with Crippen molar-refractivity contribution in [2.75, 3.05) is 38.8 Å². The maximum absolute atomic E-state index is 12.9. The standard InChI is InChI=1S/C28H26N8O3/c1-30-27(37)19-16-31-25(35-24-13-5-8-17(15-29)32-24)14-23(19)34-21-11-6-9-18(26(21)39-4)20-10-7-12-22(33-20)28(38)36(2)3/h5-14,16H,1-4H3,(H,30,37)(H2,31,32,34,35)/i1D3. The van der Waals surface area contributed by atoms with Crippen LogP contribution in [-0.2, 0) is 0 Å². The minimum Gasteiger partial charge on any atom is -0.494 e. The fraction of sp³-hybridized carbons (Fsp3) is 0.143. The Kier molecular flexibility index (Phi) is 6.80. The number of hydrogen-bond acceptors (Lipinski definition) is 9. The summed E-state index contributed by atoms with van der Waals surface area (Å²) in [5.74, 6) is -0.187. The van der Waals surface area contributed by atoms with Gasteiger partial charge in [-0.1, -0.05) is 18.2 Å². The molecule has 0 aliphatic carbocycles. The van der Waals surface area contributed by atoms with Crippen molar-refractivity contribution in [1.29, 1.82) is 5.26 Å². The minimum atomic E-state index is -2.73. The summed E-state index contributed by atoms with van der Waals surface area (Å²) >= 11 is 0. The highest BCUT2D eigenvalue weighted by Crippen LogP contribution is 2.38. The number of nitriles is 1. The molecule has 2 amide bonds. The Morgan fingerprint density at radius 3 is 2.54 bits per heavy atom. The number of anilines is 4. The molecule has 0 unspecified atom stereocenters. The van der Waals surface area contributed by atoms with Gasteiger partial charge in [-0.3, -0.25) is 9.59 Å². The zero-order valence-corrected chi connectivity index (χ0v) is 21.3. The Morgan fingerprint density at radius 1 is 1.00 bits per heavy atom. The van der Waals surface area contributed by atoms with E-state index in [4.69, 9.17) is 14.1 Å². The van der Waals surface area contributed by atoms with Crippen molar-refractivity contribution in [3.05, 3.63) is 83.8 Å². The van der Waals surface area contributed by atoms with Gasteiger partial charge in [0.15, 0.2) is 5.75 Å². The second-order valence-electron chi connectivity index (χ2n) is 8.33. The molecular formula is C28H26N8O3. The summed E-state index contributed by atoms with van der Waals surface area (Å²) in [6, 6.07) is 18.6. The van der Waals surface area contributed by atoms with E-state index in [1.807, 2.05) is 11.4 Å². The maximum atomic E-state index is 12.9. The van der Waals surface area contributed by atoms with E-state index in [1.54, 1.807) is 68.7 Å². The molecule has 0 radical (unpaired) electrons. The topological polar surface area (TPSA) is 145 Å². The van der Waals surface area contributed by atoms with E-state index in [9.17, 15) is 9.59 Å². The molecule has 196 valence electrons. The average Bonchev–Trinajstić information content (AvgIpc) is 2.96. The Bertz CT molecular complexity index is 1690. The number of nitrogens with zero attached hydrogens (tertiary/aromatic N) is 5. The summed E-state index contributed by atoms with van der Waals surface area (Å²) in [5.41, 5.74) is 2.05. The number of rotatable bonds is 8. The van der Waals surface area contributed by atoms with E-state index in [1.165, 1.54) is 24.3 Å².